The number of hydrogen-bond donors (Lipinski definition) is 1. The Kier molecular flexibility index (Phi) is 5.91. The van der Waals surface area contributed by atoms with Crippen LogP contribution in [-0.2, 0) is 19.2 Å². The molecule has 1 saturated carbocycles. The molecule has 6 nitrogen and oxygen atoms in total. The van der Waals surface area contributed by atoms with Crippen LogP contribution in [0, 0.1) is 23.7 Å². The molecule has 0 radical (unpaired) electrons. The number of aliphatic hydroxyl groups is 1. The molecule has 0 bridgehead atoms. The van der Waals surface area contributed by atoms with Crippen molar-refractivity contribution in [3.8, 4) is 0 Å². The first-order valence-electron chi connectivity index (χ1n) is 8.73. The van der Waals surface area contributed by atoms with E-state index in [1.807, 2.05) is 6.92 Å². The van der Waals surface area contributed by atoms with Gasteiger partial charge in [-0.1, -0.05) is 13.8 Å². The van der Waals surface area contributed by atoms with Crippen LogP contribution in [0.5, 0.6) is 0 Å². The number of nitrogens with zero attached hydrogens (tertiary/aromatic N) is 1. The van der Waals surface area contributed by atoms with Crippen LogP contribution in [0.15, 0.2) is 0 Å². The predicted octanol–water partition coefficient (Wildman–Crippen LogP) is 1.34. The zero-order valence-electron chi connectivity index (χ0n) is 14.7. The normalized spacial score (nSPS) is 30.6. The van der Waals surface area contributed by atoms with Crippen molar-refractivity contribution in [2.75, 3.05) is 6.54 Å². The number of ketones is 2. The van der Waals surface area contributed by atoms with Gasteiger partial charge in [-0.15, -0.1) is 0 Å². The minimum Gasteiger partial charge on any atom is -0.392 e. The van der Waals surface area contributed by atoms with Crippen molar-refractivity contribution in [3.05, 3.63) is 0 Å². The van der Waals surface area contributed by atoms with Crippen LogP contribution in [0.1, 0.15) is 52.9 Å². The molecule has 1 aliphatic carbocycles. The van der Waals surface area contributed by atoms with Crippen molar-refractivity contribution >= 4 is 23.4 Å². The van der Waals surface area contributed by atoms with E-state index in [4.69, 9.17) is 0 Å². The number of likely N-dealkylation sites (tertiary alicyclic amines) is 1. The summed E-state index contributed by atoms with van der Waals surface area (Å²) in [6.07, 6.45) is 1.26. The molecule has 4 atom stereocenters. The van der Waals surface area contributed by atoms with Gasteiger partial charge in [-0.2, -0.15) is 0 Å². The van der Waals surface area contributed by atoms with Crippen molar-refractivity contribution in [3.63, 3.8) is 0 Å². The average Bonchev–Trinajstić information content (AvgIpc) is 2.46. The minimum atomic E-state index is -0.812. The molecule has 1 aliphatic heterocycles. The molecule has 1 saturated heterocycles. The fourth-order valence-electron chi connectivity index (χ4n) is 4.07. The lowest BCUT2D eigenvalue weighted by molar-refractivity contribution is -0.152. The number of aliphatic hydroxyl groups excluding tert-OH is 1. The van der Waals surface area contributed by atoms with E-state index < -0.39 is 12.0 Å². The molecule has 0 unspecified atom stereocenters. The Morgan fingerprint density at radius 1 is 1.17 bits per heavy atom. The highest BCUT2D eigenvalue weighted by molar-refractivity contribution is 6.01. The molecule has 2 amide bonds. The van der Waals surface area contributed by atoms with Gasteiger partial charge in [0.2, 0.25) is 11.8 Å². The van der Waals surface area contributed by atoms with Gasteiger partial charge in [0.05, 0.1) is 12.6 Å². The molecule has 0 aromatic carbocycles. The van der Waals surface area contributed by atoms with E-state index in [0.717, 1.165) is 11.3 Å². The Bertz CT molecular complexity index is 526. The molecule has 1 N–H and O–H groups in total. The van der Waals surface area contributed by atoms with Gasteiger partial charge in [-0.3, -0.25) is 24.1 Å². The maximum Gasteiger partial charge on any atom is 0.229 e. The van der Waals surface area contributed by atoms with Crippen LogP contribution in [0.4, 0.5) is 0 Å². The Labute approximate surface area is 142 Å². The molecule has 134 valence electrons. The van der Waals surface area contributed by atoms with Crippen LogP contribution in [0.2, 0.25) is 0 Å². The van der Waals surface area contributed by atoms with Crippen molar-refractivity contribution < 1.29 is 24.3 Å². The summed E-state index contributed by atoms with van der Waals surface area (Å²) in [5.41, 5.74) is 0. The Morgan fingerprint density at radius 3 is 2.29 bits per heavy atom. The quantitative estimate of drug-likeness (QED) is 0.765. The fraction of sp³-hybridized carbons (Fsp3) is 0.778. The molecule has 6 heteroatoms. The molecule has 2 aliphatic rings. The number of hydrogen-bond acceptors (Lipinski definition) is 5. The van der Waals surface area contributed by atoms with Crippen LogP contribution in [0.25, 0.3) is 0 Å². The van der Waals surface area contributed by atoms with Gasteiger partial charge in [0.25, 0.3) is 0 Å². The first-order chi connectivity index (χ1) is 11.2. The summed E-state index contributed by atoms with van der Waals surface area (Å²) in [4.78, 5) is 48.6. The lowest BCUT2D eigenvalue weighted by Crippen LogP contribution is -2.46. The first-order valence-corrected chi connectivity index (χ1v) is 8.73. The topological polar surface area (TPSA) is 91.8 Å². The van der Waals surface area contributed by atoms with Crippen molar-refractivity contribution in [1.29, 1.82) is 0 Å². The maximum absolute atomic E-state index is 12.3. The molecular weight excluding hydrogens is 310 g/mol. The number of amides is 2. The van der Waals surface area contributed by atoms with E-state index >= 15 is 0 Å². The number of carbonyl (C=O) groups is 4. The van der Waals surface area contributed by atoms with Crippen molar-refractivity contribution in [2.24, 2.45) is 23.7 Å². The highest BCUT2D eigenvalue weighted by atomic mass is 16.3. The van der Waals surface area contributed by atoms with Crippen molar-refractivity contribution in [1.82, 2.24) is 4.90 Å². The standard InChI is InChI=1S/C18H27NO5/c1-10-4-11(2)18(24)14(5-10)15(21)6-13-7-16(22)19(9-12(3)20)17(23)8-13/h10-11,13-15,21H,4-9H2,1-3H3/t10-,11-,14-,15+/m1/s1. The first kappa shape index (κ1) is 18.8. The summed E-state index contributed by atoms with van der Waals surface area (Å²) in [6, 6.07) is 0. The van der Waals surface area contributed by atoms with Crippen LogP contribution in [0.3, 0.4) is 0 Å². The predicted molar refractivity (Wildman–Crippen MR) is 86.8 cm³/mol. The summed E-state index contributed by atoms with van der Waals surface area (Å²) in [5.74, 6) is -1.19. The third-order valence-electron chi connectivity index (χ3n) is 5.21. The van der Waals surface area contributed by atoms with E-state index in [-0.39, 0.29) is 61.0 Å². The fourth-order valence-corrected chi connectivity index (χ4v) is 4.07. The molecule has 0 aromatic rings. The van der Waals surface area contributed by atoms with Crippen molar-refractivity contribution in [2.45, 2.75) is 59.0 Å². The SMILES string of the molecule is CC(=O)CN1C(=O)CC(C[C@H](O)[C@H]2C[C@H](C)C[C@@H](C)C2=O)CC1=O. The number of Topliss-reactive ketones (excluding diaryl/α,β-unsaturated/α-hetero) is 2. The second-order valence-corrected chi connectivity index (χ2v) is 7.64. The molecule has 0 spiro atoms. The molecule has 1 heterocycles. The number of rotatable bonds is 5. The molecule has 0 aromatic heterocycles. The van der Waals surface area contributed by atoms with Gasteiger partial charge >= 0.3 is 0 Å². The summed E-state index contributed by atoms with van der Waals surface area (Å²) >= 11 is 0. The lowest BCUT2D eigenvalue weighted by Gasteiger charge is -2.35. The maximum atomic E-state index is 12.3. The Balaban J connectivity index is 1.96. The Hall–Kier alpha value is -1.56. The van der Waals surface area contributed by atoms with Gasteiger partial charge < -0.3 is 5.11 Å². The zero-order valence-corrected chi connectivity index (χ0v) is 14.7. The van der Waals surface area contributed by atoms with Gasteiger partial charge in [0.1, 0.15) is 11.6 Å². The van der Waals surface area contributed by atoms with E-state index in [2.05, 4.69) is 6.92 Å². The number of imide groups is 1. The van der Waals surface area contributed by atoms with E-state index in [1.54, 1.807) is 0 Å². The van der Waals surface area contributed by atoms with E-state index in [0.29, 0.717) is 12.3 Å². The molecule has 2 rings (SSSR count). The lowest BCUT2D eigenvalue weighted by atomic mass is 9.71. The smallest absolute Gasteiger partial charge is 0.229 e. The summed E-state index contributed by atoms with van der Waals surface area (Å²) in [6.45, 7) is 5.14. The van der Waals surface area contributed by atoms with Crippen LogP contribution >= 0.6 is 0 Å². The number of carbonyl (C=O) groups excluding carboxylic acids is 4. The summed E-state index contributed by atoms with van der Waals surface area (Å²) in [7, 11) is 0. The van der Waals surface area contributed by atoms with E-state index in [1.165, 1.54) is 6.92 Å². The monoisotopic (exact) mass is 337 g/mol. The second-order valence-electron chi connectivity index (χ2n) is 7.64. The van der Waals surface area contributed by atoms with Gasteiger partial charge in [-0.05, 0) is 38.0 Å². The molecule has 24 heavy (non-hydrogen) atoms. The molecular formula is C18H27NO5. The van der Waals surface area contributed by atoms with Gasteiger partial charge in [0, 0.05) is 24.7 Å². The minimum absolute atomic E-state index is 0.0472. The highest BCUT2D eigenvalue weighted by Gasteiger charge is 2.39. The summed E-state index contributed by atoms with van der Waals surface area (Å²) in [5, 5.41) is 10.5. The van der Waals surface area contributed by atoms with Crippen LogP contribution in [-0.4, -0.2) is 46.0 Å². The average molecular weight is 337 g/mol. The number of piperidine rings is 1. The molecule has 2 fully saturated rings. The largest absolute Gasteiger partial charge is 0.392 e. The third kappa shape index (κ3) is 4.29. The van der Waals surface area contributed by atoms with E-state index in [9.17, 15) is 24.3 Å². The van der Waals surface area contributed by atoms with Gasteiger partial charge in [0.15, 0.2) is 0 Å². The van der Waals surface area contributed by atoms with Crippen LogP contribution < -0.4 is 0 Å². The zero-order chi connectivity index (χ0) is 18.0. The van der Waals surface area contributed by atoms with Gasteiger partial charge in [-0.25, -0.2) is 0 Å². The third-order valence-corrected chi connectivity index (χ3v) is 5.21. The second kappa shape index (κ2) is 7.55. The Morgan fingerprint density at radius 2 is 1.75 bits per heavy atom. The highest BCUT2D eigenvalue weighted by Crippen LogP contribution is 2.35. The summed E-state index contributed by atoms with van der Waals surface area (Å²) < 4.78 is 0.